The number of rotatable bonds is 2. The fraction of sp³-hybridized carbons (Fsp3) is 0.545. The lowest BCUT2D eigenvalue weighted by atomic mass is 9.88. The van der Waals surface area contributed by atoms with Gasteiger partial charge in [0.2, 0.25) is 0 Å². The molecular formula is C11H15N. The minimum absolute atomic E-state index is 0.917. The number of hydrogen-bond acceptors (Lipinski definition) is 1. The summed E-state index contributed by atoms with van der Waals surface area (Å²) in [5.74, 6) is 0. The maximum atomic E-state index is 8.85. The van der Waals surface area contributed by atoms with Crippen LogP contribution in [0, 0.1) is 11.3 Å². The second kappa shape index (κ2) is 4.11. The monoisotopic (exact) mass is 161 g/mol. The first kappa shape index (κ1) is 9.06. The summed E-state index contributed by atoms with van der Waals surface area (Å²) >= 11 is 0. The van der Waals surface area contributed by atoms with Crippen molar-refractivity contribution >= 4 is 0 Å². The molecule has 0 amide bonds. The molecule has 0 aromatic carbocycles. The van der Waals surface area contributed by atoms with E-state index in [-0.39, 0.29) is 0 Å². The summed E-state index contributed by atoms with van der Waals surface area (Å²) in [7, 11) is 0. The van der Waals surface area contributed by atoms with Gasteiger partial charge in [-0.15, -0.1) is 0 Å². The Morgan fingerprint density at radius 3 is 2.67 bits per heavy atom. The number of nitriles is 1. The van der Waals surface area contributed by atoms with Crippen LogP contribution >= 0.6 is 0 Å². The quantitative estimate of drug-likeness (QED) is 0.609. The molecular weight excluding hydrogens is 146 g/mol. The van der Waals surface area contributed by atoms with E-state index in [4.69, 9.17) is 5.26 Å². The summed E-state index contributed by atoms with van der Waals surface area (Å²) in [6.45, 7) is 4.30. The van der Waals surface area contributed by atoms with Crippen molar-refractivity contribution in [2.75, 3.05) is 0 Å². The van der Waals surface area contributed by atoms with E-state index in [0.717, 1.165) is 31.3 Å². The molecule has 1 rings (SSSR count). The second-order valence-corrected chi connectivity index (χ2v) is 3.06. The van der Waals surface area contributed by atoms with Gasteiger partial charge in [0, 0.05) is 0 Å². The average Bonchev–Trinajstić information content (AvgIpc) is 2.16. The molecule has 1 nitrogen and oxygen atoms in total. The molecule has 0 spiro atoms. The summed E-state index contributed by atoms with van der Waals surface area (Å²) in [5, 5.41) is 8.85. The van der Waals surface area contributed by atoms with Crippen LogP contribution < -0.4 is 0 Å². The van der Waals surface area contributed by atoms with Gasteiger partial charge in [-0.3, -0.25) is 0 Å². The molecule has 0 bridgehead atoms. The zero-order chi connectivity index (χ0) is 8.97. The van der Waals surface area contributed by atoms with Crippen LogP contribution in [0.25, 0.3) is 0 Å². The SMILES string of the molecule is CCC1=C(CC)C(C#N)=CCC1. The first-order valence-electron chi connectivity index (χ1n) is 4.65. The standard InChI is InChI=1S/C11H15N/c1-3-9-6-5-7-10(8-12)11(9)4-2/h7H,3-6H2,1-2H3. The Morgan fingerprint density at radius 1 is 1.42 bits per heavy atom. The zero-order valence-corrected chi connectivity index (χ0v) is 7.85. The maximum absolute atomic E-state index is 8.85. The molecule has 0 unspecified atom stereocenters. The molecule has 0 fully saturated rings. The normalized spacial score (nSPS) is 17.2. The van der Waals surface area contributed by atoms with Gasteiger partial charge < -0.3 is 0 Å². The van der Waals surface area contributed by atoms with Gasteiger partial charge in [-0.2, -0.15) is 5.26 Å². The molecule has 12 heavy (non-hydrogen) atoms. The van der Waals surface area contributed by atoms with Crippen molar-refractivity contribution in [3.05, 3.63) is 22.8 Å². The largest absolute Gasteiger partial charge is 0.192 e. The summed E-state index contributed by atoms with van der Waals surface area (Å²) in [5.41, 5.74) is 3.70. The topological polar surface area (TPSA) is 23.8 Å². The maximum Gasteiger partial charge on any atom is 0.0991 e. The van der Waals surface area contributed by atoms with Crippen molar-refractivity contribution in [3.63, 3.8) is 0 Å². The van der Waals surface area contributed by atoms with Crippen molar-refractivity contribution in [1.29, 1.82) is 5.26 Å². The number of hydrogen-bond donors (Lipinski definition) is 0. The number of nitrogens with zero attached hydrogens (tertiary/aromatic N) is 1. The van der Waals surface area contributed by atoms with E-state index in [0.29, 0.717) is 0 Å². The molecule has 0 saturated carbocycles. The molecule has 1 heteroatoms. The highest BCUT2D eigenvalue weighted by molar-refractivity contribution is 5.46. The molecule has 0 aromatic rings. The van der Waals surface area contributed by atoms with E-state index in [1.165, 1.54) is 11.1 Å². The van der Waals surface area contributed by atoms with Crippen molar-refractivity contribution in [2.45, 2.75) is 39.5 Å². The molecule has 0 aliphatic heterocycles. The van der Waals surface area contributed by atoms with E-state index < -0.39 is 0 Å². The van der Waals surface area contributed by atoms with Crippen molar-refractivity contribution in [2.24, 2.45) is 0 Å². The van der Waals surface area contributed by atoms with E-state index in [2.05, 4.69) is 26.0 Å². The lowest BCUT2D eigenvalue weighted by Gasteiger charge is -2.15. The van der Waals surface area contributed by atoms with Gasteiger partial charge in [-0.25, -0.2) is 0 Å². The summed E-state index contributed by atoms with van der Waals surface area (Å²) in [6.07, 6.45) is 6.38. The molecule has 1 aliphatic carbocycles. The van der Waals surface area contributed by atoms with Crippen LogP contribution in [-0.4, -0.2) is 0 Å². The third kappa shape index (κ3) is 1.58. The Labute approximate surface area is 74.4 Å². The van der Waals surface area contributed by atoms with Crippen LogP contribution in [0.4, 0.5) is 0 Å². The molecule has 0 aromatic heterocycles. The Kier molecular flexibility index (Phi) is 3.10. The second-order valence-electron chi connectivity index (χ2n) is 3.06. The summed E-state index contributed by atoms with van der Waals surface area (Å²) in [6, 6.07) is 2.27. The van der Waals surface area contributed by atoms with Crippen LogP contribution in [0.2, 0.25) is 0 Å². The van der Waals surface area contributed by atoms with E-state index >= 15 is 0 Å². The lowest BCUT2D eigenvalue weighted by molar-refractivity contribution is 0.846. The first-order valence-corrected chi connectivity index (χ1v) is 4.65. The molecule has 0 N–H and O–H groups in total. The minimum atomic E-state index is 0.917. The summed E-state index contributed by atoms with van der Waals surface area (Å²) in [4.78, 5) is 0. The fourth-order valence-corrected chi connectivity index (χ4v) is 1.80. The van der Waals surface area contributed by atoms with Crippen LogP contribution in [0.15, 0.2) is 22.8 Å². The predicted molar refractivity (Wildman–Crippen MR) is 50.5 cm³/mol. The van der Waals surface area contributed by atoms with Crippen LogP contribution in [-0.2, 0) is 0 Å². The zero-order valence-electron chi connectivity index (χ0n) is 7.85. The van der Waals surface area contributed by atoms with Crippen LogP contribution in [0.1, 0.15) is 39.5 Å². The molecule has 0 heterocycles. The number of allylic oxidation sites excluding steroid dienone is 4. The van der Waals surface area contributed by atoms with Gasteiger partial charge in [0.05, 0.1) is 11.6 Å². The van der Waals surface area contributed by atoms with E-state index in [1.54, 1.807) is 0 Å². The molecule has 0 radical (unpaired) electrons. The van der Waals surface area contributed by atoms with Crippen molar-refractivity contribution in [3.8, 4) is 6.07 Å². The fourth-order valence-electron chi connectivity index (χ4n) is 1.80. The van der Waals surface area contributed by atoms with Gasteiger partial charge in [-0.05, 0) is 31.3 Å². The van der Waals surface area contributed by atoms with E-state index in [9.17, 15) is 0 Å². The predicted octanol–water partition coefficient (Wildman–Crippen LogP) is 3.35. The summed E-state index contributed by atoms with van der Waals surface area (Å²) < 4.78 is 0. The highest BCUT2D eigenvalue weighted by Gasteiger charge is 2.12. The highest BCUT2D eigenvalue weighted by Crippen LogP contribution is 2.28. The van der Waals surface area contributed by atoms with Gasteiger partial charge in [0.25, 0.3) is 0 Å². The third-order valence-electron chi connectivity index (χ3n) is 2.45. The van der Waals surface area contributed by atoms with E-state index in [1.807, 2.05) is 0 Å². The van der Waals surface area contributed by atoms with Crippen LogP contribution in [0.3, 0.4) is 0 Å². The van der Waals surface area contributed by atoms with Gasteiger partial charge in [0.15, 0.2) is 0 Å². The molecule has 1 aliphatic rings. The van der Waals surface area contributed by atoms with Crippen LogP contribution in [0.5, 0.6) is 0 Å². The molecule has 0 atom stereocenters. The molecule has 64 valence electrons. The smallest absolute Gasteiger partial charge is 0.0991 e. The third-order valence-corrected chi connectivity index (χ3v) is 2.45. The van der Waals surface area contributed by atoms with Gasteiger partial charge in [-0.1, -0.05) is 25.5 Å². The van der Waals surface area contributed by atoms with Crippen molar-refractivity contribution < 1.29 is 0 Å². The Bertz CT molecular complexity index is 263. The Hall–Kier alpha value is -1.03. The Balaban J connectivity index is 2.99. The first-order chi connectivity index (χ1) is 5.83. The average molecular weight is 161 g/mol. The van der Waals surface area contributed by atoms with Gasteiger partial charge >= 0.3 is 0 Å². The van der Waals surface area contributed by atoms with Crippen molar-refractivity contribution in [1.82, 2.24) is 0 Å². The minimum Gasteiger partial charge on any atom is -0.192 e. The molecule has 0 saturated heterocycles. The van der Waals surface area contributed by atoms with Gasteiger partial charge in [0.1, 0.15) is 0 Å². The Morgan fingerprint density at radius 2 is 2.17 bits per heavy atom. The lowest BCUT2D eigenvalue weighted by Crippen LogP contribution is -1.99. The highest BCUT2D eigenvalue weighted by atomic mass is 14.3.